The van der Waals surface area contributed by atoms with Crippen molar-refractivity contribution in [3.8, 4) is 5.75 Å². The molecule has 3 nitrogen and oxygen atoms in total. The molecule has 3 N–H and O–H groups in total. The maximum absolute atomic E-state index is 12.0. The molecule has 1 aromatic carbocycles. The molecule has 0 amide bonds. The normalized spacial score (nSPS) is 12.7. The zero-order chi connectivity index (χ0) is 13.4. The third kappa shape index (κ3) is 4.98. The Morgan fingerprint density at radius 3 is 2.39 bits per heavy atom. The predicted octanol–water partition coefficient (Wildman–Crippen LogP) is 3.37. The van der Waals surface area contributed by atoms with Gasteiger partial charge < -0.3 is 4.74 Å². The maximum Gasteiger partial charge on any atom is 0.387 e. The molecule has 0 aliphatic rings. The zero-order valence-corrected chi connectivity index (χ0v) is 10.5. The van der Waals surface area contributed by atoms with Crippen molar-refractivity contribution in [2.75, 3.05) is 0 Å². The van der Waals surface area contributed by atoms with Gasteiger partial charge in [-0.3, -0.25) is 11.3 Å². The number of unbranched alkanes of at least 4 members (excludes halogenated alkanes) is 2. The average Bonchev–Trinajstić information content (AvgIpc) is 2.35. The van der Waals surface area contributed by atoms with Gasteiger partial charge in [0.1, 0.15) is 5.75 Å². The van der Waals surface area contributed by atoms with E-state index in [-0.39, 0.29) is 11.8 Å². The van der Waals surface area contributed by atoms with E-state index in [4.69, 9.17) is 5.84 Å². The molecule has 0 bridgehead atoms. The van der Waals surface area contributed by atoms with Crippen molar-refractivity contribution in [1.29, 1.82) is 0 Å². The molecule has 0 fully saturated rings. The summed E-state index contributed by atoms with van der Waals surface area (Å²) in [7, 11) is 0. The van der Waals surface area contributed by atoms with Crippen molar-refractivity contribution >= 4 is 0 Å². The highest BCUT2D eigenvalue weighted by Crippen LogP contribution is 2.22. The monoisotopic (exact) mass is 258 g/mol. The van der Waals surface area contributed by atoms with Crippen LogP contribution in [-0.4, -0.2) is 6.61 Å². The number of ether oxygens (including phenoxy) is 1. The molecule has 18 heavy (non-hydrogen) atoms. The molecule has 0 heterocycles. The van der Waals surface area contributed by atoms with Crippen LogP contribution < -0.4 is 16.0 Å². The van der Waals surface area contributed by atoms with E-state index < -0.39 is 6.61 Å². The smallest absolute Gasteiger partial charge is 0.387 e. The van der Waals surface area contributed by atoms with Crippen molar-refractivity contribution in [3.63, 3.8) is 0 Å². The van der Waals surface area contributed by atoms with Gasteiger partial charge >= 0.3 is 6.61 Å². The summed E-state index contributed by atoms with van der Waals surface area (Å²) in [6, 6.07) is 6.64. The number of nitrogens with one attached hydrogen (secondary N) is 1. The highest BCUT2D eigenvalue weighted by atomic mass is 19.3. The molecule has 0 aliphatic carbocycles. The van der Waals surface area contributed by atoms with E-state index >= 15 is 0 Å². The highest BCUT2D eigenvalue weighted by Gasteiger charge is 2.10. The van der Waals surface area contributed by atoms with Crippen molar-refractivity contribution in [1.82, 2.24) is 5.43 Å². The third-order valence-electron chi connectivity index (χ3n) is 2.81. The average molecular weight is 258 g/mol. The van der Waals surface area contributed by atoms with Crippen LogP contribution in [0.3, 0.4) is 0 Å². The molecule has 0 radical (unpaired) electrons. The second-order valence-corrected chi connectivity index (χ2v) is 4.16. The molecule has 0 aromatic heterocycles. The number of hydrogen-bond acceptors (Lipinski definition) is 3. The second kappa shape index (κ2) is 8.00. The molecule has 1 atom stereocenters. The predicted molar refractivity (Wildman–Crippen MR) is 67.3 cm³/mol. The Kier molecular flexibility index (Phi) is 6.60. The van der Waals surface area contributed by atoms with Gasteiger partial charge in [-0.05, 0) is 24.1 Å². The molecule has 1 unspecified atom stereocenters. The summed E-state index contributed by atoms with van der Waals surface area (Å²) in [5, 5.41) is 0. The number of nitrogens with two attached hydrogens (primary N) is 1. The number of alkyl halides is 2. The summed E-state index contributed by atoms with van der Waals surface area (Å²) < 4.78 is 28.3. The van der Waals surface area contributed by atoms with Crippen molar-refractivity contribution < 1.29 is 13.5 Å². The van der Waals surface area contributed by atoms with Crippen LogP contribution in [0.5, 0.6) is 5.75 Å². The van der Waals surface area contributed by atoms with E-state index in [1.54, 1.807) is 12.1 Å². The fourth-order valence-corrected chi connectivity index (χ4v) is 1.83. The van der Waals surface area contributed by atoms with Crippen molar-refractivity contribution in [2.24, 2.45) is 5.84 Å². The summed E-state index contributed by atoms with van der Waals surface area (Å²) in [6.45, 7) is -0.648. The third-order valence-corrected chi connectivity index (χ3v) is 2.81. The lowest BCUT2D eigenvalue weighted by Gasteiger charge is -2.16. The van der Waals surface area contributed by atoms with Gasteiger partial charge in [0.2, 0.25) is 0 Å². The highest BCUT2D eigenvalue weighted by molar-refractivity contribution is 5.29. The Labute approximate surface area is 106 Å². The van der Waals surface area contributed by atoms with E-state index in [2.05, 4.69) is 17.1 Å². The molecule has 0 saturated heterocycles. The van der Waals surface area contributed by atoms with E-state index in [1.165, 1.54) is 12.1 Å². The molecular weight excluding hydrogens is 238 g/mol. The Hall–Kier alpha value is -1.20. The lowest BCUT2D eigenvalue weighted by molar-refractivity contribution is -0.0498. The minimum Gasteiger partial charge on any atom is -0.435 e. The van der Waals surface area contributed by atoms with Gasteiger partial charge in [-0.25, -0.2) is 0 Å². The van der Waals surface area contributed by atoms with Crippen molar-refractivity contribution in [2.45, 2.75) is 45.3 Å². The van der Waals surface area contributed by atoms with Gasteiger partial charge in [0.05, 0.1) is 0 Å². The van der Waals surface area contributed by atoms with Gasteiger partial charge in [-0.15, -0.1) is 0 Å². The molecule has 0 saturated carbocycles. The number of halogens is 2. The van der Waals surface area contributed by atoms with E-state index in [1.807, 2.05) is 0 Å². The largest absolute Gasteiger partial charge is 0.435 e. The van der Waals surface area contributed by atoms with Gasteiger partial charge in [-0.1, -0.05) is 38.3 Å². The Morgan fingerprint density at radius 2 is 1.89 bits per heavy atom. The van der Waals surface area contributed by atoms with Crippen LogP contribution in [0.4, 0.5) is 8.78 Å². The second-order valence-electron chi connectivity index (χ2n) is 4.16. The van der Waals surface area contributed by atoms with Crippen LogP contribution in [0.2, 0.25) is 0 Å². The Bertz CT molecular complexity index is 330. The van der Waals surface area contributed by atoms with Crippen LogP contribution >= 0.6 is 0 Å². The lowest BCUT2D eigenvalue weighted by atomic mass is 10.0. The van der Waals surface area contributed by atoms with Crippen LogP contribution in [0.15, 0.2) is 24.3 Å². The maximum atomic E-state index is 12.0. The number of hydrogen-bond donors (Lipinski definition) is 2. The molecule has 1 rings (SSSR count). The fraction of sp³-hybridized carbons (Fsp3) is 0.538. The topological polar surface area (TPSA) is 47.3 Å². The first-order chi connectivity index (χ1) is 8.67. The minimum atomic E-state index is -2.79. The number of rotatable bonds is 8. The molecule has 5 heteroatoms. The molecular formula is C13H20F2N2O. The first kappa shape index (κ1) is 14.9. The van der Waals surface area contributed by atoms with Gasteiger partial charge in [-0.2, -0.15) is 8.78 Å². The lowest BCUT2D eigenvalue weighted by Crippen LogP contribution is -2.27. The van der Waals surface area contributed by atoms with E-state index in [0.29, 0.717) is 0 Å². The molecule has 0 spiro atoms. The summed E-state index contributed by atoms with van der Waals surface area (Å²) in [5.74, 6) is 5.67. The van der Waals surface area contributed by atoms with Crippen LogP contribution in [0.1, 0.15) is 44.2 Å². The SMILES string of the molecule is CCCCCC(NN)c1ccc(OC(F)F)cc1. The van der Waals surface area contributed by atoms with E-state index in [9.17, 15) is 8.78 Å². The van der Waals surface area contributed by atoms with Gasteiger partial charge in [0.25, 0.3) is 0 Å². The number of hydrazine groups is 1. The molecule has 1 aromatic rings. The van der Waals surface area contributed by atoms with Crippen LogP contribution in [-0.2, 0) is 0 Å². The Morgan fingerprint density at radius 1 is 1.22 bits per heavy atom. The van der Waals surface area contributed by atoms with Crippen LogP contribution in [0, 0.1) is 0 Å². The molecule has 102 valence electrons. The standard InChI is InChI=1S/C13H20F2N2O/c1-2-3-4-5-12(17-16)10-6-8-11(9-7-10)18-13(14)15/h6-9,12-13,17H,2-5,16H2,1H3. The molecule has 0 aliphatic heterocycles. The van der Waals surface area contributed by atoms with Crippen LogP contribution in [0.25, 0.3) is 0 Å². The number of benzene rings is 1. The first-order valence-electron chi connectivity index (χ1n) is 6.18. The fourth-order valence-electron chi connectivity index (χ4n) is 1.83. The minimum absolute atomic E-state index is 0.0529. The van der Waals surface area contributed by atoms with Crippen molar-refractivity contribution in [3.05, 3.63) is 29.8 Å². The zero-order valence-electron chi connectivity index (χ0n) is 10.5. The summed E-state index contributed by atoms with van der Waals surface area (Å²) in [5.41, 5.74) is 3.73. The van der Waals surface area contributed by atoms with Gasteiger partial charge in [0, 0.05) is 6.04 Å². The summed E-state index contributed by atoms with van der Waals surface area (Å²) >= 11 is 0. The van der Waals surface area contributed by atoms with Gasteiger partial charge in [0.15, 0.2) is 0 Å². The quantitative estimate of drug-likeness (QED) is 0.427. The first-order valence-corrected chi connectivity index (χ1v) is 6.18. The Balaban J connectivity index is 2.57. The van der Waals surface area contributed by atoms with E-state index in [0.717, 1.165) is 31.2 Å². The summed E-state index contributed by atoms with van der Waals surface area (Å²) in [6.07, 6.45) is 4.32. The summed E-state index contributed by atoms with van der Waals surface area (Å²) in [4.78, 5) is 0.